The highest BCUT2D eigenvalue weighted by Crippen LogP contribution is 2.37. The number of hydrogen-bond donors (Lipinski definition) is 2. The maximum absolute atomic E-state index is 11.9. The Labute approximate surface area is 271 Å². The van der Waals surface area contributed by atoms with E-state index in [-0.39, 0.29) is 17.1 Å². The van der Waals surface area contributed by atoms with Crippen molar-refractivity contribution in [1.29, 1.82) is 0 Å². The Bertz CT molecular complexity index is 2170. The highest BCUT2D eigenvalue weighted by molar-refractivity contribution is 7.90. The quantitative estimate of drug-likeness (QED) is 0.174. The Kier molecular flexibility index (Phi) is 8.02. The van der Waals surface area contributed by atoms with Crippen LogP contribution >= 0.6 is 0 Å². The second-order valence-electron chi connectivity index (χ2n) is 11.8. The molecule has 2 N–H and O–H groups in total. The van der Waals surface area contributed by atoms with Crippen LogP contribution in [-0.2, 0) is 16.4 Å². The van der Waals surface area contributed by atoms with Gasteiger partial charge in [-0.3, -0.25) is 0 Å². The zero-order valence-electron chi connectivity index (χ0n) is 25.6. The van der Waals surface area contributed by atoms with E-state index in [1.807, 2.05) is 36.4 Å². The van der Waals surface area contributed by atoms with E-state index in [4.69, 9.17) is 9.72 Å². The summed E-state index contributed by atoms with van der Waals surface area (Å²) in [5.41, 5.74) is 6.04. The van der Waals surface area contributed by atoms with Gasteiger partial charge in [-0.1, -0.05) is 37.5 Å². The van der Waals surface area contributed by atoms with Crippen LogP contribution in [-0.4, -0.2) is 55.9 Å². The number of ether oxygens (including phenoxy) is 1. The number of carboxylic acid groups (broad SMARTS) is 1. The molecular weight excluding hydrogens is 616 g/mol. The van der Waals surface area contributed by atoms with E-state index in [1.54, 1.807) is 36.4 Å². The van der Waals surface area contributed by atoms with Crippen molar-refractivity contribution in [1.82, 2.24) is 30.2 Å². The smallest absolute Gasteiger partial charge is 0.335 e. The van der Waals surface area contributed by atoms with Gasteiger partial charge in [0.2, 0.25) is 5.82 Å². The van der Waals surface area contributed by atoms with Gasteiger partial charge in [0.1, 0.15) is 18.2 Å². The molecule has 0 unspecified atom stereocenters. The zero-order valence-corrected chi connectivity index (χ0v) is 26.4. The Morgan fingerprint density at radius 1 is 0.915 bits per heavy atom. The van der Waals surface area contributed by atoms with Gasteiger partial charge < -0.3 is 14.4 Å². The molecule has 238 valence electrons. The van der Waals surface area contributed by atoms with Gasteiger partial charge in [-0.05, 0) is 101 Å². The first-order chi connectivity index (χ1) is 22.7. The van der Waals surface area contributed by atoms with E-state index in [1.165, 1.54) is 25.3 Å². The average molecular weight is 649 g/mol. The summed E-state index contributed by atoms with van der Waals surface area (Å²) in [6.07, 6.45) is 6.97. The van der Waals surface area contributed by atoms with Crippen LogP contribution in [0.25, 0.3) is 44.9 Å². The van der Waals surface area contributed by atoms with Crippen molar-refractivity contribution < 1.29 is 23.1 Å². The molecule has 2 heterocycles. The van der Waals surface area contributed by atoms with Crippen LogP contribution in [0, 0.1) is 0 Å². The van der Waals surface area contributed by atoms with Crippen molar-refractivity contribution in [3.63, 3.8) is 0 Å². The molecule has 0 bridgehead atoms. The number of aromatic carboxylic acids is 1. The molecule has 2 aromatic heterocycles. The van der Waals surface area contributed by atoms with E-state index in [9.17, 15) is 18.3 Å². The van der Waals surface area contributed by atoms with Gasteiger partial charge in [-0.25, -0.2) is 18.2 Å². The number of hydrogen-bond acceptors (Lipinski definition) is 8. The van der Waals surface area contributed by atoms with E-state index in [0.717, 1.165) is 58.2 Å². The van der Waals surface area contributed by atoms with Gasteiger partial charge in [0, 0.05) is 23.4 Å². The molecule has 11 nitrogen and oxygen atoms in total. The Morgan fingerprint density at radius 3 is 2.32 bits per heavy atom. The van der Waals surface area contributed by atoms with Gasteiger partial charge in [-0.15, -0.1) is 10.2 Å². The lowest BCUT2D eigenvalue weighted by Crippen LogP contribution is -2.14. The molecule has 4 aromatic carbocycles. The number of aromatic nitrogens is 6. The van der Waals surface area contributed by atoms with E-state index >= 15 is 0 Å². The van der Waals surface area contributed by atoms with Crippen LogP contribution in [0.15, 0.2) is 89.8 Å². The van der Waals surface area contributed by atoms with Crippen LogP contribution < -0.4 is 4.74 Å². The molecule has 1 fully saturated rings. The maximum Gasteiger partial charge on any atom is 0.335 e. The minimum Gasteiger partial charge on any atom is -0.489 e. The van der Waals surface area contributed by atoms with Gasteiger partial charge >= 0.3 is 5.97 Å². The van der Waals surface area contributed by atoms with E-state index in [0.29, 0.717) is 23.2 Å². The number of sulfone groups is 1. The maximum atomic E-state index is 11.9. The lowest BCUT2D eigenvalue weighted by molar-refractivity contribution is 0.0696. The Hall–Kier alpha value is -5.36. The largest absolute Gasteiger partial charge is 0.489 e. The first-order valence-corrected chi connectivity index (χ1v) is 17.3. The molecule has 0 amide bonds. The molecule has 1 saturated carbocycles. The van der Waals surface area contributed by atoms with Gasteiger partial charge in [-0.2, -0.15) is 5.21 Å². The number of carbonyl (C=O) groups is 1. The minimum atomic E-state index is -3.35. The molecule has 6 aromatic rings. The first kappa shape index (κ1) is 30.3. The second-order valence-corrected chi connectivity index (χ2v) is 13.8. The molecule has 0 aliphatic heterocycles. The number of carboxylic acids is 1. The Balaban J connectivity index is 1.18. The van der Waals surface area contributed by atoms with Crippen LogP contribution in [0.4, 0.5) is 0 Å². The highest BCUT2D eigenvalue weighted by atomic mass is 32.2. The summed E-state index contributed by atoms with van der Waals surface area (Å²) in [4.78, 5) is 17.1. The molecule has 0 radical (unpaired) electrons. The number of H-pyrrole nitrogens is 1. The number of aromatic amines is 1. The molecular formula is C35H32N6O5S. The number of rotatable bonds is 9. The molecule has 0 atom stereocenters. The molecule has 7 rings (SSSR count). The third kappa shape index (κ3) is 6.24. The standard InChI is InChI=1S/C35H32N6O5S/c1-47(44,45)29-15-9-22(10-16-29)30-17-11-25(35(42)43)19-26(30)21-46-28-13-7-23(8-14-28)34-36-31-20-24(33-37-39-40-38-33)12-18-32(31)41(34)27-5-3-2-4-6-27/h7-20,27H,2-6,21H2,1H3,(H,42,43)(H,37,38,39,40). The van der Waals surface area contributed by atoms with Crippen LogP contribution in [0.3, 0.4) is 0 Å². The van der Waals surface area contributed by atoms with Crippen molar-refractivity contribution in [2.45, 2.75) is 49.6 Å². The van der Waals surface area contributed by atoms with Crippen molar-refractivity contribution >= 4 is 26.8 Å². The van der Waals surface area contributed by atoms with E-state index < -0.39 is 15.8 Å². The summed E-state index contributed by atoms with van der Waals surface area (Å²) in [7, 11) is -3.35. The first-order valence-electron chi connectivity index (χ1n) is 15.4. The molecule has 0 spiro atoms. The summed E-state index contributed by atoms with van der Waals surface area (Å²) >= 11 is 0. The number of nitrogens with zero attached hydrogens (tertiary/aromatic N) is 5. The van der Waals surface area contributed by atoms with Crippen molar-refractivity contribution in [3.05, 3.63) is 96.1 Å². The second kappa shape index (κ2) is 12.4. The molecule has 0 saturated heterocycles. The van der Waals surface area contributed by atoms with Crippen molar-refractivity contribution in [3.8, 4) is 39.7 Å². The fraction of sp³-hybridized carbons (Fsp3) is 0.229. The number of nitrogens with one attached hydrogen (secondary N) is 1. The lowest BCUT2D eigenvalue weighted by Gasteiger charge is -2.25. The number of imidazole rings is 1. The van der Waals surface area contributed by atoms with Crippen molar-refractivity contribution in [2.24, 2.45) is 0 Å². The third-order valence-electron chi connectivity index (χ3n) is 8.69. The van der Waals surface area contributed by atoms with Crippen LogP contribution in [0.5, 0.6) is 5.75 Å². The SMILES string of the molecule is CS(=O)(=O)c1ccc(-c2ccc(C(=O)O)cc2COc2ccc(-c3nc4cc(-c5nn[nH]n5)ccc4n3C3CCCCC3)cc2)cc1. The van der Waals surface area contributed by atoms with Gasteiger partial charge in [0.15, 0.2) is 9.84 Å². The minimum absolute atomic E-state index is 0.114. The van der Waals surface area contributed by atoms with Crippen LogP contribution in [0.1, 0.15) is 54.1 Å². The Morgan fingerprint density at radius 2 is 1.64 bits per heavy atom. The van der Waals surface area contributed by atoms with Crippen molar-refractivity contribution in [2.75, 3.05) is 6.26 Å². The summed E-state index contributed by atoms with van der Waals surface area (Å²) < 4.78 is 32.4. The predicted molar refractivity (Wildman–Crippen MR) is 177 cm³/mol. The van der Waals surface area contributed by atoms with Gasteiger partial charge in [0.05, 0.1) is 21.5 Å². The summed E-state index contributed by atoms with van der Waals surface area (Å²) in [5, 5.41) is 24.1. The highest BCUT2D eigenvalue weighted by Gasteiger charge is 2.23. The molecule has 12 heteroatoms. The predicted octanol–water partition coefficient (Wildman–Crippen LogP) is 6.74. The monoisotopic (exact) mass is 648 g/mol. The average Bonchev–Trinajstić information content (AvgIpc) is 3.76. The molecule has 1 aliphatic carbocycles. The zero-order chi connectivity index (χ0) is 32.5. The lowest BCUT2D eigenvalue weighted by atomic mass is 9.95. The number of fused-ring (bicyclic) bond motifs is 1. The fourth-order valence-electron chi connectivity index (χ4n) is 6.31. The summed E-state index contributed by atoms with van der Waals surface area (Å²) in [5.74, 6) is 0.982. The number of benzene rings is 4. The normalized spacial score (nSPS) is 14.0. The van der Waals surface area contributed by atoms with Gasteiger partial charge in [0.25, 0.3) is 0 Å². The molecule has 1 aliphatic rings. The number of tetrazole rings is 1. The fourth-order valence-corrected chi connectivity index (χ4v) is 6.94. The van der Waals surface area contributed by atoms with E-state index in [2.05, 4.69) is 31.3 Å². The summed E-state index contributed by atoms with van der Waals surface area (Å²) in [6.45, 7) is 0.114. The summed E-state index contributed by atoms with van der Waals surface area (Å²) in [6, 6.07) is 25.6. The molecule has 47 heavy (non-hydrogen) atoms. The van der Waals surface area contributed by atoms with Crippen LogP contribution in [0.2, 0.25) is 0 Å². The topological polar surface area (TPSA) is 153 Å². The third-order valence-corrected chi connectivity index (χ3v) is 9.81.